The lowest BCUT2D eigenvalue weighted by atomic mass is 10.1. The van der Waals surface area contributed by atoms with Crippen molar-refractivity contribution in [1.29, 1.82) is 0 Å². The van der Waals surface area contributed by atoms with Crippen LogP contribution >= 0.6 is 0 Å². The summed E-state index contributed by atoms with van der Waals surface area (Å²) in [5.41, 5.74) is 0.516. The van der Waals surface area contributed by atoms with E-state index in [0.29, 0.717) is 18.6 Å². The normalized spacial score (nSPS) is 24.2. The lowest BCUT2D eigenvalue weighted by Gasteiger charge is -2.28. The first kappa shape index (κ1) is 13.0. The summed E-state index contributed by atoms with van der Waals surface area (Å²) in [7, 11) is 0. The van der Waals surface area contributed by atoms with E-state index in [1.165, 1.54) is 0 Å². The number of amides is 1. The molecule has 18 heavy (non-hydrogen) atoms. The number of rotatable bonds is 3. The van der Waals surface area contributed by atoms with Gasteiger partial charge in [-0.25, -0.2) is 0 Å². The van der Waals surface area contributed by atoms with Crippen LogP contribution in [0.3, 0.4) is 0 Å². The molecule has 0 aliphatic carbocycles. The smallest absolute Gasteiger partial charge is 0.254 e. The van der Waals surface area contributed by atoms with Gasteiger partial charge < -0.3 is 15.2 Å². The monoisotopic (exact) mass is 253 g/mol. The number of carbonyl (C=O) groups is 1. The molecule has 1 amide bonds. The molecule has 0 saturated carbocycles. The summed E-state index contributed by atoms with van der Waals surface area (Å²) in [5, 5.41) is 16.6. The van der Waals surface area contributed by atoms with Crippen molar-refractivity contribution in [3.8, 4) is 0 Å². The van der Waals surface area contributed by atoms with E-state index in [2.05, 4.69) is 10.4 Å². The molecule has 1 saturated heterocycles. The number of aliphatic hydroxyl groups excluding tert-OH is 1. The lowest BCUT2D eigenvalue weighted by molar-refractivity contribution is -0.0260. The minimum atomic E-state index is -0.636. The Kier molecular flexibility index (Phi) is 3.98. The molecule has 2 rings (SSSR count). The van der Waals surface area contributed by atoms with Gasteiger partial charge >= 0.3 is 0 Å². The van der Waals surface area contributed by atoms with Gasteiger partial charge in [0.15, 0.2) is 0 Å². The molecular weight excluding hydrogens is 234 g/mol. The van der Waals surface area contributed by atoms with Crippen LogP contribution in [0.5, 0.6) is 0 Å². The quantitative estimate of drug-likeness (QED) is 0.814. The zero-order chi connectivity index (χ0) is 13.1. The summed E-state index contributed by atoms with van der Waals surface area (Å²) < 4.78 is 6.85. The molecule has 0 unspecified atom stereocenters. The van der Waals surface area contributed by atoms with Crippen molar-refractivity contribution < 1.29 is 14.6 Å². The molecule has 1 aliphatic heterocycles. The number of ether oxygens (including phenoxy) is 1. The second kappa shape index (κ2) is 5.49. The first-order chi connectivity index (χ1) is 8.58. The molecule has 100 valence electrons. The Morgan fingerprint density at radius 1 is 1.67 bits per heavy atom. The molecule has 6 nitrogen and oxygen atoms in total. The number of nitrogens with zero attached hydrogens (tertiary/aromatic N) is 2. The van der Waals surface area contributed by atoms with Gasteiger partial charge in [0, 0.05) is 18.8 Å². The first-order valence-electron chi connectivity index (χ1n) is 6.18. The van der Waals surface area contributed by atoms with Gasteiger partial charge in [0.25, 0.3) is 5.91 Å². The van der Waals surface area contributed by atoms with Gasteiger partial charge in [-0.15, -0.1) is 0 Å². The molecule has 6 heteroatoms. The van der Waals surface area contributed by atoms with E-state index < -0.39 is 6.10 Å². The Morgan fingerprint density at radius 2 is 2.44 bits per heavy atom. The highest BCUT2D eigenvalue weighted by Crippen LogP contribution is 2.10. The maximum Gasteiger partial charge on any atom is 0.254 e. The number of hydrogen-bond acceptors (Lipinski definition) is 4. The molecule has 1 fully saturated rings. The Labute approximate surface area is 106 Å². The van der Waals surface area contributed by atoms with Crippen molar-refractivity contribution in [3.63, 3.8) is 0 Å². The van der Waals surface area contributed by atoms with Crippen LogP contribution in [-0.4, -0.2) is 46.2 Å². The van der Waals surface area contributed by atoms with Crippen molar-refractivity contribution >= 4 is 5.91 Å². The lowest BCUT2D eigenvalue weighted by Crippen LogP contribution is -2.48. The van der Waals surface area contributed by atoms with Gasteiger partial charge in [-0.1, -0.05) is 0 Å². The summed E-state index contributed by atoms with van der Waals surface area (Å²) in [6, 6.07) is -0.0196. The largest absolute Gasteiger partial charge is 0.389 e. The average Bonchev–Trinajstić information content (AvgIpc) is 2.81. The molecule has 0 aromatic carbocycles. The molecule has 0 bridgehead atoms. The highest BCUT2D eigenvalue weighted by atomic mass is 16.5. The number of carbonyl (C=O) groups excluding carboxylic acids is 1. The van der Waals surface area contributed by atoms with Gasteiger partial charge in [0.05, 0.1) is 30.5 Å². The number of hydrogen-bond donors (Lipinski definition) is 2. The van der Waals surface area contributed by atoms with Crippen molar-refractivity contribution in [2.45, 2.75) is 38.5 Å². The summed E-state index contributed by atoms with van der Waals surface area (Å²) in [5.74, 6) is -0.201. The Balaban J connectivity index is 1.98. The highest BCUT2D eigenvalue weighted by Gasteiger charge is 2.25. The minimum Gasteiger partial charge on any atom is -0.389 e. The number of nitrogens with one attached hydrogen (secondary N) is 1. The minimum absolute atomic E-state index is 0.201. The van der Waals surface area contributed by atoms with Crippen molar-refractivity contribution in [2.75, 3.05) is 13.2 Å². The van der Waals surface area contributed by atoms with E-state index in [4.69, 9.17) is 4.74 Å². The van der Waals surface area contributed by atoms with Crippen LogP contribution in [0.4, 0.5) is 0 Å². The molecular formula is C12H19N3O3. The molecule has 0 radical (unpaired) electrons. The van der Waals surface area contributed by atoms with Crippen LogP contribution in [0.15, 0.2) is 12.4 Å². The van der Waals surface area contributed by atoms with Crippen molar-refractivity contribution in [3.05, 3.63) is 18.0 Å². The van der Waals surface area contributed by atoms with Crippen molar-refractivity contribution in [1.82, 2.24) is 15.1 Å². The predicted octanol–water partition coefficient (Wildman–Crippen LogP) is 0.344. The Bertz CT molecular complexity index is 416. The van der Waals surface area contributed by atoms with E-state index in [1.54, 1.807) is 17.1 Å². The summed E-state index contributed by atoms with van der Waals surface area (Å²) >= 11 is 0. The Hall–Kier alpha value is -1.40. The predicted molar refractivity (Wildman–Crippen MR) is 65.3 cm³/mol. The first-order valence-corrected chi connectivity index (χ1v) is 6.18. The van der Waals surface area contributed by atoms with Crippen LogP contribution in [0.25, 0.3) is 0 Å². The molecule has 2 N–H and O–H groups in total. The molecule has 1 aromatic rings. The van der Waals surface area contributed by atoms with Gasteiger partial charge in [-0.05, 0) is 20.3 Å². The van der Waals surface area contributed by atoms with E-state index in [-0.39, 0.29) is 24.6 Å². The van der Waals surface area contributed by atoms with Crippen LogP contribution in [0, 0.1) is 0 Å². The molecule has 2 atom stereocenters. The van der Waals surface area contributed by atoms with Gasteiger partial charge in [-0.2, -0.15) is 5.10 Å². The van der Waals surface area contributed by atoms with Crippen molar-refractivity contribution in [2.24, 2.45) is 0 Å². The average molecular weight is 253 g/mol. The van der Waals surface area contributed by atoms with E-state index >= 15 is 0 Å². The molecule has 2 heterocycles. The topological polar surface area (TPSA) is 76.4 Å². The SMILES string of the molecule is CC(C)n1cc(C(=O)N[C@H]2CCOC[C@@H]2O)cn1. The van der Waals surface area contributed by atoms with Crippen LogP contribution in [0.1, 0.15) is 36.7 Å². The van der Waals surface area contributed by atoms with Gasteiger partial charge in [0.1, 0.15) is 0 Å². The third-order valence-electron chi connectivity index (χ3n) is 3.04. The van der Waals surface area contributed by atoms with E-state index in [0.717, 1.165) is 0 Å². The number of aliphatic hydroxyl groups is 1. The van der Waals surface area contributed by atoms with Gasteiger partial charge in [-0.3, -0.25) is 9.48 Å². The maximum atomic E-state index is 12.0. The summed E-state index contributed by atoms with van der Waals surface area (Å²) in [6.07, 6.45) is 3.25. The fourth-order valence-electron chi connectivity index (χ4n) is 1.88. The second-order valence-corrected chi connectivity index (χ2v) is 4.81. The zero-order valence-electron chi connectivity index (χ0n) is 10.7. The molecule has 0 spiro atoms. The fraction of sp³-hybridized carbons (Fsp3) is 0.667. The standard InChI is InChI=1S/C12H19N3O3/c1-8(2)15-6-9(5-13-15)12(17)14-10-3-4-18-7-11(10)16/h5-6,8,10-11,16H,3-4,7H2,1-2H3,(H,14,17)/t10-,11-/m0/s1. The molecule has 1 aliphatic rings. The highest BCUT2D eigenvalue weighted by molar-refractivity contribution is 5.93. The fourth-order valence-corrected chi connectivity index (χ4v) is 1.88. The van der Waals surface area contributed by atoms with Crippen LogP contribution in [-0.2, 0) is 4.74 Å². The molecule has 1 aromatic heterocycles. The summed E-state index contributed by atoms with van der Waals surface area (Å²) in [6.45, 7) is 4.83. The maximum absolute atomic E-state index is 12.0. The third-order valence-corrected chi connectivity index (χ3v) is 3.04. The van der Waals surface area contributed by atoms with Crippen LogP contribution in [0.2, 0.25) is 0 Å². The third kappa shape index (κ3) is 2.88. The number of aromatic nitrogens is 2. The van der Waals surface area contributed by atoms with E-state index in [1.807, 2.05) is 13.8 Å². The second-order valence-electron chi connectivity index (χ2n) is 4.81. The van der Waals surface area contributed by atoms with Crippen LogP contribution < -0.4 is 5.32 Å². The van der Waals surface area contributed by atoms with Gasteiger partial charge in [0.2, 0.25) is 0 Å². The zero-order valence-corrected chi connectivity index (χ0v) is 10.7. The Morgan fingerprint density at radius 3 is 3.06 bits per heavy atom. The summed E-state index contributed by atoms with van der Waals surface area (Å²) in [4.78, 5) is 12.0. The van der Waals surface area contributed by atoms with E-state index in [9.17, 15) is 9.90 Å².